The van der Waals surface area contributed by atoms with Crippen molar-refractivity contribution < 1.29 is 18.7 Å². The number of ether oxygens (including phenoxy) is 2. The van der Waals surface area contributed by atoms with Gasteiger partial charge in [0.15, 0.2) is 11.5 Å². The van der Waals surface area contributed by atoms with Crippen LogP contribution in [0.5, 0.6) is 11.5 Å². The van der Waals surface area contributed by atoms with Crippen molar-refractivity contribution in [2.75, 3.05) is 7.11 Å². The van der Waals surface area contributed by atoms with Crippen LogP contribution in [0.3, 0.4) is 0 Å². The van der Waals surface area contributed by atoms with Gasteiger partial charge in [0, 0.05) is 12.0 Å². The third kappa shape index (κ3) is 3.21. The highest BCUT2D eigenvalue weighted by molar-refractivity contribution is 7.71. The van der Waals surface area contributed by atoms with Crippen molar-refractivity contribution in [3.63, 3.8) is 0 Å². The molecule has 0 spiro atoms. The summed E-state index contributed by atoms with van der Waals surface area (Å²) < 4.78 is 17.0. The SMILES string of the molecule is COc1ccc(C2=NOC(C)(c3n[nH]c(=S)o3)C2)cc1OC1CCCC1. The molecular weight excluding hydrogens is 354 g/mol. The predicted molar refractivity (Wildman–Crippen MR) is 97.2 cm³/mol. The molecule has 1 unspecified atom stereocenters. The molecule has 2 aliphatic rings. The summed E-state index contributed by atoms with van der Waals surface area (Å²) in [6, 6.07) is 5.82. The third-order valence-corrected chi connectivity index (χ3v) is 5.02. The highest BCUT2D eigenvalue weighted by Gasteiger charge is 2.41. The van der Waals surface area contributed by atoms with Crippen LogP contribution in [0.15, 0.2) is 27.8 Å². The first-order chi connectivity index (χ1) is 12.6. The van der Waals surface area contributed by atoms with Gasteiger partial charge in [-0.3, -0.25) is 0 Å². The second-order valence-corrected chi connectivity index (χ2v) is 7.22. The number of benzene rings is 1. The highest BCUT2D eigenvalue weighted by atomic mass is 32.1. The zero-order valence-corrected chi connectivity index (χ0v) is 15.6. The molecule has 1 atom stereocenters. The molecule has 7 nitrogen and oxygen atoms in total. The van der Waals surface area contributed by atoms with Crippen molar-refractivity contribution in [2.45, 2.75) is 50.7 Å². The van der Waals surface area contributed by atoms with Crippen LogP contribution in [0, 0.1) is 4.84 Å². The van der Waals surface area contributed by atoms with Gasteiger partial charge in [-0.15, -0.1) is 5.10 Å². The molecule has 138 valence electrons. The number of methoxy groups -OCH3 is 1. The molecule has 0 bridgehead atoms. The van der Waals surface area contributed by atoms with Crippen LogP contribution in [0.4, 0.5) is 0 Å². The van der Waals surface area contributed by atoms with Crippen LogP contribution >= 0.6 is 12.2 Å². The van der Waals surface area contributed by atoms with Crippen LogP contribution in [-0.4, -0.2) is 29.1 Å². The standard InChI is InChI=1S/C18H21N3O4S/c1-18(16-19-20-17(26)24-16)10-13(21-25-18)11-7-8-14(22-2)15(9-11)23-12-5-3-4-6-12/h7-9,12H,3-6,10H2,1-2H3,(H,20,26). The summed E-state index contributed by atoms with van der Waals surface area (Å²) in [5.74, 6) is 1.85. The van der Waals surface area contributed by atoms with E-state index < -0.39 is 5.60 Å². The molecule has 2 heterocycles. The van der Waals surface area contributed by atoms with Gasteiger partial charge in [-0.1, -0.05) is 5.16 Å². The number of nitrogens with one attached hydrogen (secondary N) is 1. The molecule has 1 fully saturated rings. The monoisotopic (exact) mass is 375 g/mol. The van der Waals surface area contributed by atoms with Crippen molar-refractivity contribution in [3.8, 4) is 11.5 Å². The number of oxime groups is 1. The maximum absolute atomic E-state index is 6.17. The minimum Gasteiger partial charge on any atom is -0.493 e. The molecule has 26 heavy (non-hydrogen) atoms. The average Bonchev–Trinajstić information content (AvgIpc) is 3.37. The van der Waals surface area contributed by atoms with E-state index in [1.54, 1.807) is 7.11 Å². The Morgan fingerprint density at radius 2 is 2.08 bits per heavy atom. The first-order valence-electron chi connectivity index (χ1n) is 8.73. The van der Waals surface area contributed by atoms with E-state index in [0.29, 0.717) is 12.3 Å². The smallest absolute Gasteiger partial charge is 0.284 e. The van der Waals surface area contributed by atoms with E-state index in [-0.39, 0.29) is 10.9 Å². The van der Waals surface area contributed by atoms with Crippen LogP contribution in [0.25, 0.3) is 0 Å². The minimum atomic E-state index is -0.782. The molecule has 1 aromatic heterocycles. The molecule has 8 heteroatoms. The second-order valence-electron chi connectivity index (χ2n) is 6.85. The number of hydrogen-bond donors (Lipinski definition) is 1. The van der Waals surface area contributed by atoms with Gasteiger partial charge in [-0.2, -0.15) is 0 Å². The fourth-order valence-electron chi connectivity index (χ4n) is 3.40. The van der Waals surface area contributed by atoms with Crippen LogP contribution in [0.1, 0.15) is 50.5 Å². The Morgan fingerprint density at radius 3 is 2.77 bits per heavy atom. The van der Waals surface area contributed by atoms with E-state index in [9.17, 15) is 0 Å². The molecule has 0 radical (unpaired) electrons. The molecule has 1 saturated carbocycles. The lowest BCUT2D eigenvalue weighted by Crippen LogP contribution is -2.22. The van der Waals surface area contributed by atoms with Crippen molar-refractivity contribution >= 4 is 17.9 Å². The molecule has 2 aromatic rings. The fourth-order valence-corrected chi connectivity index (χ4v) is 3.52. The highest BCUT2D eigenvalue weighted by Crippen LogP contribution is 2.37. The fraction of sp³-hybridized carbons (Fsp3) is 0.500. The van der Waals surface area contributed by atoms with Crippen LogP contribution < -0.4 is 9.47 Å². The molecular formula is C18H21N3O4S. The molecule has 1 aromatic carbocycles. The van der Waals surface area contributed by atoms with Gasteiger partial charge in [-0.25, -0.2) is 5.10 Å². The van der Waals surface area contributed by atoms with Crippen molar-refractivity contribution in [2.24, 2.45) is 5.16 Å². The Balaban J connectivity index is 1.57. The first kappa shape index (κ1) is 17.1. The number of aromatic nitrogens is 2. The summed E-state index contributed by atoms with van der Waals surface area (Å²) in [7, 11) is 1.65. The molecule has 0 amide bonds. The number of aromatic amines is 1. The van der Waals surface area contributed by atoms with Crippen molar-refractivity contribution in [1.82, 2.24) is 10.2 Å². The summed E-state index contributed by atoms with van der Waals surface area (Å²) in [6.45, 7) is 1.87. The second kappa shape index (κ2) is 6.75. The molecule has 1 aliphatic heterocycles. The zero-order valence-electron chi connectivity index (χ0n) is 14.8. The molecule has 1 N–H and O–H groups in total. The topological polar surface area (TPSA) is 81.9 Å². The summed E-state index contributed by atoms with van der Waals surface area (Å²) in [5, 5.41) is 10.9. The Bertz CT molecular complexity index is 885. The van der Waals surface area contributed by atoms with Gasteiger partial charge in [-0.05, 0) is 63.0 Å². The van der Waals surface area contributed by atoms with Crippen molar-refractivity contribution in [1.29, 1.82) is 0 Å². The van der Waals surface area contributed by atoms with Gasteiger partial charge >= 0.3 is 0 Å². The maximum Gasteiger partial charge on any atom is 0.284 e. The summed E-state index contributed by atoms with van der Waals surface area (Å²) in [5.41, 5.74) is 0.946. The largest absolute Gasteiger partial charge is 0.493 e. The molecule has 0 saturated heterocycles. The van der Waals surface area contributed by atoms with Gasteiger partial charge < -0.3 is 18.7 Å². The van der Waals surface area contributed by atoms with E-state index in [4.69, 9.17) is 30.9 Å². The predicted octanol–water partition coefficient (Wildman–Crippen LogP) is 4.10. The van der Waals surface area contributed by atoms with Gasteiger partial charge in [0.05, 0.1) is 18.9 Å². The number of hydrogen-bond acceptors (Lipinski definition) is 7. The quantitative estimate of drug-likeness (QED) is 0.792. The van der Waals surface area contributed by atoms with Crippen LogP contribution in [-0.2, 0) is 10.4 Å². The third-order valence-electron chi connectivity index (χ3n) is 4.85. The van der Waals surface area contributed by atoms with E-state index in [1.165, 1.54) is 12.8 Å². The summed E-state index contributed by atoms with van der Waals surface area (Å²) in [4.78, 5) is 5.85. The Morgan fingerprint density at radius 1 is 1.27 bits per heavy atom. The van der Waals surface area contributed by atoms with Crippen molar-refractivity contribution in [3.05, 3.63) is 34.5 Å². The Hall–Kier alpha value is -2.35. The van der Waals surface area contributed by atoms with Crippen LogP contribution in [0.2, 0.25) is 0 Å². The van der Waals surface area contributed by atoms with Gasteiger partial charge in [0.1, 0.15) is 0 Å². The van der Waals surface area contributed by atoms with E-state index in [1.807, 2.05) is 25.1 Å². The lowest BCUT2D eigenvalue weighted by atomic mass is 9.95. The van der Waals surface area contributed by atoms with Gasteiger partial charge in [0.2, 0.25) is 5.60 Å². The lowest BCUT2D eigenvalue weighted by Gasteiger charge is -2.17. The molecule has 4 rings (SSSR count). The Kier molecular flexibility index (Phi) is 4.44. The summed E-state index contributed by atoms with van der Waals surface area (Å²) in [6.07, 6.45) is 5.36. The number of H-pyrrole nitrogens is 1. The first-order valence-corrected chi connectivity index (χ1v) is 9.14. The van der Waals surface area contributed by atoms with Gasteiger partial charge in [0.25, 0.3) is 10.7 Å². The normalized spacial score (nSPS) is 22.9. The van der Waals surface area contributed by atoms with E-state index >= 15 is 0 Å². The average molecular weight is 375 g/mol. The molecule has 1 aliphatic carbocycles. The number of rotatable bonds is 5. The summed E-state index contributed by atoms with van der Waals surface area (Å²) >= 11 is 4.95. The zero-order chi connectivity index (χ0) is 18.1. The minimum absolute atomic E-state index is 0.218. The Labute approximate surface area is 156 Å². The number of nitrogens with zero attached hydrogens (tertiary/aromatic N) is 2. The lowest BCUT2D eigenvalue weighted by molar-refractivity contribution is -0.0282. The van der Waals surface area contributed by atoms with E-state index in [0.717, 1.165) is 35.6 Å². The van der Waals surface area contributed by atoms with E-state index in [2.05, 4.69) is 15.4 Å². The maximum atomic E-state index is 6.17.